The molecule has 820 valence electrons. The number of hydrogen-bond donors (Lipinski definition) is 23. The third-order valence-corrected chi connectivity index (χ3v) is 24.3. The minimum Gasteiger partial charge on any atom is -0.481 e. The van der Waals surface area contributed by atoms with Gasteiger partial charge in [-0.1, -0.05) is 103 Å². The lowest BCUT2D eigenvalue weighted by Crippen LogP contribution is -2.51. The molecule has 0 aliphatic heterocycles. The number of carbonyl (C=O) groups is 23. The van der Waals surface area contributed by atoms with Gasteiger partial charge in [-0.3, -0.25) is 110 Å². The summed E-state index contributed by atoms with van der Waals surface area (Å²) in [5.41, 5.74) is 4.71. The molecule has 0 aromatic carbocycles. The zero-order valence-electron chi connectivity index (χ0n) is 83.3. The van der Waals surface area contributed by atoms with Gasteiger partial charge in [0.1, 0.15) is 47.3 Å². The largest absolute Gasteiger partial charge is 0.481 e. The second kappa shape index (κ2) is 78.9. The smallest absolute Gasteiger partial charge is 0.306 e. The van der Waals surface area contributed by atoms with Crippen LogP contribution in [0.25, 0.3) is 0 Å². The van der Waals surface area contributed by atoms with Gasteiger partial charge in [-0.05, 0) is 97.8 Å². The van der Waals surface area contributed by atoms with Crippen LogP contribution in [0.4, 0.5) is 0 Å². The first-order valence-electron chi connectivity index (χ1n) is 49.9. The number of unbranched alkanes of at least 4 members (excludes halogenated alkanes) is 20. The average molecular weight is 2050 g/mol. The highest BCUT2D eigenvalue weighted by atomic mass is 16.4. The Morgan fingerprint density at radius 3 is 0.958 bits per heavy atom. The highest BCUT2D eigenvalue weighted by molar-refractivity contribution is 5.99. The van der Waals surface area contributed by atoms with Gasteiger partial charge in [-0.25, -0.2) is 0 Å². The van der Waals surface area contributed by atoms with Gasteiger partial charge in [0.05, 0.1) is 132 Å². The SMILES string of the molecule is CC(=O)[C@H](CCCCNC(=O)CNC(=O)[C@H](CO)CC(=O)[C@H](CO)NC(=O)CCC(=O)[C@H](CO)NC(=O)[C@H](CO)CC(=O)CC[C@H](CC(=O)CCCCCCCCCCCCC(=O)O)C(=O)O)NCC(=O)[C@H](CCCCNC(=O)CCC(=O)[C@H](CO)NC(=O)[C@H](CO)CC(=O)CNC(=O)[C@H](CO)CC(=O)[C@H](CO)NC(=O)CC[C@H](CC(=O)CCCCCCCCCCCCC(=O)O)C(=O)O)NCC(=O)C(C)(C)N.[HH].[HH].[HH]. The van der Waals surface area contributed by atoms with Crippen molar-refractivity contribution in [2.75, 3.05) is 92.1 Å². The number of ketones is 11. The Bertz CT molecular complexity index is 4030. The summed E-state index contributed by atoms with van der Waals surface area (Å²) in [6.45, 7) is -5.38. The average Bonchev–Trinajstić information content (AvgIpc) is 0.882. The van der Waals surface area contributed by atoms with Gasteiger partial charge in [0.15, 0.2) is 40.5 Å². The number of nitrogens with one attached hydrogen (secondary N) is 10. The Kier molecular flexibility index (Phi) is 73.2. The van der Waals surface area contributed by atoms with Gasteiger partial charge >= 0.3 is 23.9 Å². The molecule has 46 heteroatoms. The quantitative estimate of drug-likeness (QED) is 0.0362. The highest BCUT2D eigenvalue weighted by Gasteiger charge is 2.35. The fourth-order valence-corrected chi connectivity index (χ4v) is 15.2. The fraction of sp³-hybridized carbons (Fsp3) is 0.763. The fourth-order valence-electron chi connectivity index (χ4n) is 15.2. The van der Waals surface area contributed by atoms with Gasteiger partial charge < -0.3 is 120 Å². The molecule has 0 aliphatic rings. The number of Topliss-reactive ketones (excluding diaryl/α,β-unsaturated/α-hetero) is 11. The number of aliphatic carboxylic acids is 4. The molecular weight excluding hydrogens is 1880 g/mol. The number of amides is 8. The molecule has 0 fully saturated rings. The molecule has 0 radical (unpaired) electrons. The Morgan fingerprint density at radius 2 is 0.580 bits per heavy atom. The summed E-state index contributed by atoms with van der Waals surface area (Å²) in [6, 6.07) is -8.30. The van der Waals surface area contributed by atoms with E-state index >= 15 is 0 Å². The molecule has 0 saturated heterocycles. The van der Waals surface area contributed by atoms with Gasteiger partial charge in [0, 0.05) is 120 Å². The number of hydrogen-bond acceptors (Lipinski definition) is 34. The standard InChI is InChI=1S/C97H161N11O35.3H2/c1-62(117)73(30-24-26-43-100-88(131)53-104-92(137)68(57-112)49-82(125)78(61-116)106-87(130)41-38-80(123)76(59-114)107-93(138)65(54-109)46-71(120)36-34-63(95(140)141)44-69(118)28-20-16-12-8-4-6-10-14-18-22-32-89(132)133)101-51-83(126)74(102-52-84(127)97(2,3)98)31-25-27-42-99-85(128)40-37-79(122)75(58-113)108-94(139)66(55-110)47-72(121)50-103-91(136)67(56-111)48-81(124)77(60-115)105-86(129)39-35-64(96(142)143)45-70(119)29-21-17-13-9-5-7-11-15-19-23-33-90(134)135;;;/h63-68,73-78,101-102,109-116H,4-61,98H2,1-3H3,(H,99,128)(H,100,131)(H,103,136)(H,104,137)(H,105,129)(H,106,130)(H,107,138)(H,108,139)(H,132,133)(H,134,135)(H,140,141)(H,142,143);3*1H/t63-,64-,65+,66+,67+,68+,73+,74+,75+,76+,77+,78+;;;/m1.../s1. The topological polar surface area (TPSA) is 782 Å². The molecule has 0 bridgehead atoms. The van der Waals surface area contributed by atoms with Gasteiger partial charge in [0.25, 0.3) is 0 Å². The zero-order chi connectivity index (χ0) is 108. The molecule has 0 aromatic heterocycles. The van der Waals surface area contributed by atoms with Crippen molar-refractivity contribution < 1.29 is 176 Å². The molecule has 143 heavy (non-hydrogen) atoms. The van der Waals surface area contributed by atoms with Crippen LogP contribution in [0.15, 0.2) is 0 Å². The van der Waals surface area contributed by atoms with Crippen LogP contribution in [0.5, 0.6) is 0 Å². The van der Waals surface area contributed by atoms with Crippen molar-refractivity contribution in [3.63, 3.8) is 0 Å². The summed E-state index contributed by atoms with van der Waals surface area (Å²) in [6.07, 6.45) is 12.6. The Balaban J connectivity index is -0.0000336. The van der Waals surface area contributed by atoms with Crippen molar-refractivity contribution in [3.05, 3.63) is 0 Å². The summed E-state index contributed by atoms with van der Waals surface area (Å²) >= 11 is 0. The van der Waals surface area contributed by atoms with E-state index < -0.39 is 318 Å². The third kappa shape index (κ3) is 64.1. The van der Waals surface area contributed by atoms with Gasteiger partial charge in [-0.15, -0.1) is 0 Å². The Morgan fingerprint density at radius 1 is 0.259 bits per heavy atom. The van der Waals surface area contributed by atoms with E-state index in [1.165, 1.54) is 20.8 Å². The molecule has 0 unspecified atom stereocenters. The number of carboxylic acid groups (broad SMARTS) is 4. The molecule has 8 amide bonds. The maximum Gasteiger partial charge on any atom is 0.306 e. The van der Waals surface area contributed by atoms with Crippen LogP contribution in [0, 0.1) is 35.5 Å². The summed E-state index contributed by atoms with van der Waals surface area (Å²) < 4.78 is 0. The molecule has 24 N–H and O–H groups in total. The maximum atomic E-state index is 13.7. The molecule has 0 spiro atoms. The number of aliphatic hydroxyl groups excluding tert-OH is 8. The molecule has 0 aliphatic carbocycles. The zero-order valence-corrected chi connectivity index (χ0v) is 83.3. The van der Waals surface area contributed by atoms with Gasteiger partial charge in [0.2, 0.25) is 47.3 Å². The van der Waals surface area contributed by atoms with E-state index in [0.717, 1.165) is 103 Å². The van der Waals surface area contributed by atoms with Crippen molar-refractivity contribution in [3.8, 4) is 0 Å². The van der Waals surface area contributed by atoms with Crippen LogP contribution in [0.1, 0.15) is 308 Å². The first-order chi connectivity index (χ1) is 67.8. The van der Waals surface area contributed by atoms with Crippen LogP contribution >= 0.6 is 0 Å². The molecule has 0 rings (SSSR count). The van der Waals surface area contributed by atoms with E-state index in [0.29, 0.717) is 38.5 Å². The second-order valence-corrected chi connectivity index (χ2v) is 37.1. The van der Waals surface area contributed by atoms with Crippen LogP contribution in [-0.2, 0) is 110 Å². The minimum atomic E-state index is -1.65. The van der Waals surface area contributed by atoms with E-state index in [1.54, 1.807) is 0 Å². The van der Waals surface area contributed by atoms with Crippen molar-refractivity contribution in [1.82, 2.24) is 53.2 Å². The van der Waals surface area contributed by atoms with E-state index in [2.05, 4.69) is 53.2 Å². The van der Waals surface area contributed by atoms with Crippen molar-refractivity contribution in [1.29, 1.82) is 0 Å². The second-order valence-electron chi connectivity index (χ2n) is 37.1. The van der Waals surface area contributed by atoms with Crippen LogP contribution in [0.3, 0.4) is 0 Å². The van der Waals surface area contributed by atoms with Crippen LogP contribution < -0.4 is 58.9 Å². The number of carbonyl (C=O) groups excluding carboxylic acids is 19. The lowest BCUT2D eigenvalue weighted by atomic mass is 9.91. The van der Waals surface area contributed by atoms with Crippen LogP contribution in [0.2, 0.25) is 0 Å². The van der Waals surface area contributed by atoms with E-state index in [4.69, 9.17) is 15.9 Å². The van der Waals surface area contributed by atoms with Crippen LogP contribution in [-0.4, -0.2) is 330 Å². The van der Waals surface area contributed by atoms with E-state index in [1.807, 2.05) is 0 Å². The number of rotatable bonds is 95. The van der Waals surface area contributed by atoms with Gasteiger partial charge in [-0.2, -0.15) is 0 Å². The summed E-state index contributed by atoms with van der Waals surface area (Å²) in [4.78, 5) is 292. The lowest BCUT2D eigenvalue weighted by molar-refractivity contribution is -0.145. The van der Waals surface area contributed by atoms with E-state index in [-0.39, 0.29) is 131 Å². The highest BCUT2D eigenvalue weighted by Crippen LogP contribution is 2.23. The van der Waals surface area contributed by atoms with E-state index in [9.17, 15) is 161 Å². The third-order valence-electron chi connectivity index (χ3n) is 24.3. The molecule has 0 saturated carbocycles. The molecule has 0 aromatic rings. The summed E-state index contributed by atoms with van der Waals surface area (Å²) in [5.74, 6) is -26.6. The number of aliphatic hydroxyl groups is 8. The predicted molar refractivity (Wildman–Crippen MR) is 520 cm³/mol. The number of nitrogens with two attached hydrogens (primary N) is 1. The monoisotopic (exact) mass is 2050 g/mol. The summed E-state index contributed by atoms with van der Waals surface area (Å²) in [5, 5.41) is 141. The molecular formula is C97H167N11O35. The van der Waals surface area contributed by atoms with Crippen molar-refractivity contribution in [2.24, 2.45) is 41.2 Å². The molecule has 12 atom stereocenters. The predicted octanol–water partition coefficient (Wildman–Crippen LogP) is 0.201. The van der Waals surface area contributed by atoms with Crippen molar-refractivity contribution >= 4 is 135 Å². The lowest BCUT2D eigenvalue weighted by Gasteiger charge is -2.23. The first kappa shape index (κ1) is 133. The maximum absolute atomic E-state index is 13.7. The first-order valence-corrected chi connectivity index (χ1v) is 49.9. The summed E-state index contributed by atoms with van der Waals surface area (Å²) in [7, 11) is 0. The Hall–Kier alpha value is -10.4. The normalized spacial score (nSPS) is 13.9. The molecule has 46 nitrogen and oxygen atoms in total. The van der Waals surface area contributed by atoms with Crippen molar-refractivity contribution in [2.45, 2.75) is 345 Å². The molecule has 0 heterocycles. The Labute approximate surface area is 838 Å². The number of carboxylic acids is 4. The minimum absolute atomic E-state index is 0.